The highest BCUT2D eigenvalue weighted by Gasteiger charge is 2.20. The van der Waals surface area contributed by atoms with Crippen LogP contribution in [0.1, 0.15) is 23.2 Å². The number of hydrogen-bond acceptors (Lipinski definition) is 3. The van der Waals surface area contributed by atoms with Gasteiger partial charge in [0.2, 0.25) is 0 Å². The van der Waals surface area contributed by atoms with E-state index in [1.54, 1.807) is 0 Å². The van der Waals surface area contributed by atoms with Crippen LogP contribution in [0.25, 0.3) is 0 Å². The van der Waals surface area contributed by atoms with E-state index in [2.05, 4.69) is 4.98 Å². The third-order valence-corrected chi connectivity index (χ3v) is 2.01. The molecule has 1 heterocycles. The highest BCUT2D eigenvalue weighted by atomic mass is 19.3. The third kappa shape index (κ3) is 2.21. The maximum Gasteiger partial charge on any atom is 0.267 e. The third-order valence-electron chi connectivity index (χ3n) is 2.01. The van der Waals surface area contributed by atoms with E-state index < -0.39 is 6.43 Å². The Morgan fingerprint density at radius 2 is 2.27 bits per heavy atom. The molecule has 0 aliphatic rings. The molecule has 0 unspecified atom stereocenters. The Labute approximate surface area is 86.3 Å². The maximum absolute atomic E-state index is 12.7. The van der Waals surface area contributed by atoms with Gasteiger partial charge >= 0.3 is 0 Å². The summed E-state index contributed by atoms with van der Waals surface area (Å²) in [5.41, 5.74) is 0.433. The van der Waals surface area contributed by atoms with Crippen LogP contribution >= 0.6 is 0 Å². The van der Waals surface area contributed by atoms with Gasteiger partial charge in [-0.25, -0.2) is 8.78 Å². The minimum atomic E-state index is -2.62. The predicted molar refractivity (Wildman–Crippen MR) is 49.8 cm³/mol. The summed E-state index contributed by atoms with van der Waals surface area (Å²) in [7, 11) is 1.29. The molecule has 0 spiro atoms. The molecule has 15 heavy (non-hydrogen) atoms. The SMILES string of the molecule is COc1c(CC#N)ncc(C)c1C(F)F. The van der Waals surface area contributed by atoms with Gasteiger partial charge < -0.3 is 4.74 Å². The molecular weight excluding hydrogens is 202 g/mol. The summed E-state index contributed by atoms with van der Waals surface area (Å²) in [4.78, 5) is 3.90. The Kier molecular flexibility index (Phi) is 3.56. The van der Waals surface area contributed by atoms with Gasteiger partial charge in [-0.3, -0.25) is 4.98 Å². The normalized spacial score (nSPS) is 10.1. The molecular formula is C10H10F2N2O. The largest absolute Gasteiger partial charge is 0.494 e. The van der Waals surface area contributed by atoms with Gasteiger partial charge in [-0.15, -0.1) is 0 Å². The fourth-order valence-corrected chi connectivity index (χ4v) is 1.34. The van der Waals surface area contributed by atoms with Gasteiger partial charge in [0.25, 0.3) is 6.43 Å². The first-order valence-corrected chi connectivity index (χ1v) is 4.29. The van der Waals surface area contributed by atoms with E-state index in [4.69, 9.17) is 10.00 Å². The smallest absolute Gasteiger partial charge is 0.267 e. The van der Waals surface area contributed by atoms with Crippen LogP contribution in [0.2, 0.25) is 0 Å². The molecule has 5 heteroatoms. The zero-order chi connectivity index (χ0) is 11.4. The summed E-state index contributed by atoms with van der Waals surface area (Å²) in [5, 5.41) is 8.51. The lowest BCUT2D eigenvalue weighted by Crippen LogP contribution is -2.02. The lowest BCUT2D eigenvalue weighted by Gasteiger charge is -2.12. The Hall–Kier alpha value is -1.70. The predicted octanol–water partition coefficient (Wildman–Crippen LogP) is 2.40. The zero-order valence-electron chi connectivity index (χ0n) is 8.42. The van der Waals surface area contributed by atoms with Gasteiger partial charge in [0.05, 0.1) is 30.9 Å². The Morgan fingerprint density at radius 3 is 2.73 bits per heavy atom. The van der Waals surface area contributed by atoms with Crippen molar-refractivity contribution >= 4 is 0 Å². The number of nitrogens with zero attached hydrogens (tertiary/aromatic N) is 2. The van der Waals surface area contributed by atoms with Crippen molar-refractivity contribution < 1.29 is 13.5 Å². The molecule has 1 aromatic rings. The first kappa shape index (κ1) is 11.4. The van der Waals surface area contributed by atoms with Gasteiger partial charge in [-0.1, -0.05) is 0 Å². The van der Waals surface area contributed by atoms with Crippen molar-refractivity contribution in [3.8, 4) is 11.8 Å². The van der Waals surface area contributed by atoms with E-state index in [0.717, 1.165) is 0 Å². The number of nitriles is 1. The molecule has 1 aromatic heterocycles. The van der Waals surface area contributed by atoms with Crippen LogP contribution in [-0.2, 0) is 6.42 Å². The molecule has 0 amide bonds. The number of pyridine rings is 1. The number of rotatable bonds is 3. The molecule has 0 saturated heterocycles. The summed E-state index contributed by atoms with van der Waals surface area (Å²) < 4.78 is 30.3. The van der Waals surface area contributed by atoms with Crippen LogP contribution in [0.5, 0.6) is 5.75 Å². The van der Waals surface area contributed by atoms with Crippen LogP contribution in [0.3, 0.4) is 0 Å². The topological polar surface area (TPSA) is 45.9 Å². The van der Waals surface area contributed by atoms with Gasteiger partial charge in [-0.2, -0.15) is 5.26 Å². The van der Waals surface area contributed by atoms with Crippen LogP contribution < -0.4 is 4.74 Å². The average molecular weight is 212 g/mol. The van der Waals surface area contributed by atoms with Crippen molar-refractivity contribution in [2.24, 2.45) is 0 Å². The molecule has 0 radical (unpaired) electrons. The second-order valence-corrected chi connectivity index (χ2v) is 2.97. The minimum absolute atomic E-state index is 0.0200. The van der Waals surface area contributed by atoms with Gasteiger partial charge in [-0.05, 0) is 12.5 Å². The first-order valence-electron chi connectivity index (χ1n) is 4.29. The van der Waals surface area contributed by atoms with E-state index in [9.17, 15) is 8.78 Å². The van der Waals surface area contributed by atoms with E-state index in [-0.39, 0.29) is 23.4 Å². The minimum Gasteiger partial charge on any atom is -0.494 e. The molecule has 0 aliphatic carbocycles. The lowest BCUT2D eigenvalue weighted by molar-refractivity contribution is 0.146. The summed E-state index contributed by atoms with van der Waals surface area (Å²) in [5.74, 6) is 0.0200. The van der Waals surface area contributed by atoms with Crippen molar-refractivity contribution in [3.05, 3.63) is 23.0 Å². The van der Waals surface area contributed by atoms with E-state index in [0.29, 0.717) is 5.56 Å². The number of alkyl halides is 2. The number of methoxy groups -OCH3 is 1. The molecule has 80 valence electrons. The second-order valence-electron chi connectivity index (χ2n) is 2.97. The Morgan fingerprint density at radius 1 is 1.60 bits per heavy atom. The highest BCUT2D eigenvalue weighted by molar-refractivity contribution is 5.43. The van der Waals surface area contributed by atoms with E-state index >= 15 is 0 Å². The summed E-state index contributed by atoms with van der Waals surface area (Å²) in [6.07, 6.45) is -1.33. The Bertz CT molecular complexity index is 399. The Balaban J connectivity index is 3.34. The van der Waals surface area contributed by atoms with Gasteiger partial charge in [0.15, 0.2) is 5.75 Å². The maximum atomic E-state index is 12.7. The van der Waals surface area contributed by atoms with Gasteiger partial charge in [0, 0.05) is 6.20 Å². The molecule has 3 nitrogen and oxygen atoms in total. The van der Waals surface area contributed by atoms with E-state index in [1.165, 1.54) is 20.2 Å². The number of halogens is 2. The van der Waals surface area contributed by atoms with E-state index in [1.807, 2.05) is 6.07 Å². The van der Waals surface area contributed by atoms with Crippen molar-refractivity contribution in [2.75, 3.05) is 7.11 Å². The summed E-state index contributed by atoms with van der Waals surface area (Å²) in [6, 6.07) is 1.86. The monoisotopic (exact) mass is 212 g/mol. The van der Waals surface area contributed by atoms with Crippen molar-refractivity contribution in [1.82, 2.24) is 4.98 Å². The van der Waals surface area contributed by atoms with Crippen LogP contribution in [0, 0.1) is 18.3 Å². The van der Waals surface area contributed by atoms with Crippen LogP contribution in [0.15, 0.2) is 6.20 Å². The first-order chi connectivity index (χ1) is 7.11. The number of aryl methyl sites for hydroxylation is 1. The molecule has 0 N–H and O–H groups in total. The lowest BCUT2D eigenvalue weighted by atomic mass is 10.1. The number of aromatic nitrogens is 1. The molecule has 0 aliphatic heterocycles. The number of hydrogen-bond donors (Lipinski definition) is 0. The van der Waals surface area contributed by atoms with Crippen molar-refractivity contribution in [2.45, 2.75) is 19.8 Å². The van der Waals surface area contributed by atoms with Gasteiger partial charge in [0.1, 0.15) is 0 Å². The van der Waals surface area contributed by atoms with Crippen LogP contribution in [0.4, 0.5) is 8.78 Å². The molecule has 0 atom stereocenters. The number of ether oxygens (including phenoxy) is 1. The summed E-state index contributed by atoms with van der Waals surface area (Å²) in [6.45, 7) is 1.53. The van der Waals surface area contributed by atoms with Crippen molar-refractivity contribution in [3.63, 3.8) is 0 Å². The molecule has 0 bridgehead atoms. The molecule has 0 saturated carbocycles. The highest BCUT2D eigenvalue weighted by Crippen LogP contribution is 2.33. The molecule has 0 fully saturated rings. The molecule has 0 aromatic carbocycles. The standard InChI is InChI=1S/C10H10F2N2O/c1-6-5-14-7(3-4-13)9(15-2)8(6)10(11)12/h5,10H,3H2,1-2H3. The summed E-state index contributed by atoms with van der Waals surface area (Å²) >= 11 is 0. The van der Waals surface area contributed by atoms with Crippen LogP contribution in [-0.4, -0.2) is 12.1 Å². The molecule has 1 rings (SSSR count). The second kappa shape index (κ2) is 4.69. The zero-order valence-corrected chi connectivity index (χ0v) is 8.42. The van der Waals surface area contributed by atoms with Crippen molar-refractivity contribution in [1.29, 1.82) is 5.26 Å². The quantitative estimate of drug-likeness (QED) is 0.772. The fraction of sp³-hybridized carbons (Fsp3) is 0.400. The fourth-order valence-electron chi connectivity index (χ4n) is 1.34. The average Bonchev–Trinajstić information content (AvgIpc) is 2.19.